The van der Waals surface area contributed by atoms with Crippen LogP contribution in [-0.2, 0) is 0 Å². The minimum absolute atomic E-state index is 0.274. The molecule has 6 nitrogen and oxygen atoms in total. The summed E-state index contributed by atoms with van der Waals surface area (Å²) in [6, 6.07) is 9.63. The van der Waals surface area contributed by atoms with Gasteiger partial charge in [-0.05, 0) is 34.6 Å². The third-order valence-electron chi connectivity index (χ3n) is 2.73. The highest BCUT2D eigenvalue weighted by Crippen LogP contribution is 2.29. The van der Waals surface area contributed by atoms with Crippen LogP contribution in [0.1, 0.15) is 0 Å². The van der Waals surface area contributed by atoms with Gasteiger partial charge in [0.25, 0.3) is 0 Å². The van der Waals surface area contributed by atoms with Crippen molar-refractivity contribution in [3.05, 3.63) is 46.4 Å². The Balaban J connectivity index is 1.81. The fourth-order valence-electron chi connectivity index (χ4n) is 1.78. The van der Waals surface area contributed by atoms with Crippen molar-refractivity contribution in [1.29, 1.82) is 0 Å². The number of rotatable bonds is 2. The molecule has 0 spiro atoms. The minimum atomic E-state index is -0.477. The van der Waals surface area contributed by atoms with Gasteiger partial charge in [-0.25, -0.2) is 9.42 Å². The lowest BCUT2D eigenvalue weighted by molar-refractivity contribution is 0.262. The molecule has 106 valence electrons. The lowest BCUT2D eigenvalue weighted by Gasteiger charge is -2.09. The molecule has 2 amide bonds. The number of aromatic nitrogens is 2. The zero-order chi connectivity index (χ0) is 14.8. The molecule has 2 N–H and O–H groups in total. The summed E-state index contributed by atoms with van der Waals surface area (Å²) >= 11 is 11.9. The van der Waals surface area contributed by atoms with Gasteiger partial charge in [0.05, 0.1) is 21.4 Å². The van der Waals surface area contributed by atoms with E-state index >= 15 is 0 Å². The predicted octanol–water partition coefficient (Wildman–Crippen LogP) is 4.17. The number of nitrogens with one attached hydrogen (secondary N) is 2. The number of fused-ring (bicyclic) bond motifs is 1. The maximum absolute atomic E-state index is 12.0. The molecule has 0 aliphatic rings. The summed E-state index contributed by atoms with van der Waals surface area (Å²) in [4.78, 5) is 12.0. The van der Waals surface area contributed by atoms with Crippen LogP contribution in [0.2, 0.25) is 10.0 Å². The summed E-state index contributed by atoms with van der Waals surface area (Å²) in [6.07, 6.45) is 0. The number of urea groups is 1. The summed E-state index contributed by atoms with van der Waals surface area (Å²) in [5.74, 6) is 0. The van der Waals surface area contributed by atoms with E-state index < -0.39 is 6.03 Å². The molecule has 2 aromatic carbocycles. The van der Waals surface area contributed by atoms with Gasteiger partial charge in [0.2, 0.25) is 0 Å². The van der Waals surface area contributed by atoms with E-state index in [1.807, 2.05) is 0 Å². The molecule has 1 aromatic heterocycles. The van der Waals surface area contributed by atoms with Crippen molar-refractivity contribution >= 4 is 51.6 Å². The van der Waals surface area contributed by atoms with Crippen molar-refractivity contribution in [1.82, 2.24) is 10.3 Å². The maximum atomic E-state index is 12.0. The first-order valence-corrected chi connectivity index (χ1v) is 6.64. The van der Waals surface area contributed by atoms with Gasteiger partial charge < -0.3 is 10.6 Å². The van der Waals surface area contributed by atoms with Crippen molar-refractivity contribution in [3.8, 4) is 0 Å². The normalized spacial score (nSPS) is 10.6. The van der Waals surface area contributed by atoms with E-state index in [0.29, 0.717) is 27.4 Å². The molecule has 0 radical (unpaired) electrons. The average molecular weight is 323 g/mol. The Morgan fingerprint density at radius 1 is 1.00 bits per heavy atom. The topological polar surface area (TPSA) is 80.0 Å². The van der Waals surface area contributed by atoms with Gasteiger partial charge in [-0.1, -0.05) is 35.3 Å². The first-order valence-electron chi connectivity index (χ1n) is 5.88. The first-order chi connectivity index (χ1) is 10.1. The highest BCUT2D eigenvalue weighted by atomic mass is 35.5. The molecule has 0 atom stereocenters. The van der Waals surface area contributed by atoms with E-state index in [1.54, 1.807) is 36.4 Å². The summed E-state index contributed by atoms with van der Waals surface area (Å²) in [5, 5.41) is 13.3. The number of carbonyl (C=O) groups is 1. The Morgan fingerprint density at radius 2 is 1.71 bits per heavy atom. The van der Waals surface area contributed by atoms with Crippen molar-refractivity contribution in [2.45, 2.75) is 0 Å². The second-order valence-electron chi connectivity index (χ2n) is 4.12. The van der Waals surface area contributed by atoms with Gasteiger partial charge in [0.15, 0.2) is 5.52 Å². The molecule has 21 heavy (non-hydrogen) atoms. The van der Waals surface area contributed by atoms with Gasteiger partial charge >= 0.3 is 6.03 Å². The molecular formula is C13H8Cl2N4O2. The van der Waals surface area contributed by atoms with Crippen LogP contribution in [0.25, 0.3) is 11.0 Å². The third kappa shape index (κ3) is 2.76. The molecule has 0 unspecified atom stereocenters. The second-order valence-corrected chi connectivity index (χ2v) is 4.90. The molecule has 8 heteroatoms. The van der Waals surface area contributed by atoms with Crippen LogP contribution in [-0.4, -0.2) is 16.3 Å². The van der Waals surface area contributed by atoms with Crippen molar-refractivity contribution < 1.29 is 9.42 Å². The number of hydrogen-bond acceptors (Lipinski definition) is 4. The fourth-order valence-corrected chi connectivity index (χ4v) is 2.13. The van der Waals surface area contributed by atoms with E-state index in [2.05, 4.69) is 25.6 Å². The molecule has 0 aliphatic heterocycles. The van der Waals surface area contributed by atoms with Crippen molar-refractivity contribution in [3.63, 3.8) is 0 Å². The summed E-state index contributed by atoms with van der Waals surface area (Å²) in [7, 11) is 0. The van der Waals surface area contributed by atoms with Gasteiger partial charge in [-0.15, -0.1) is 0 Å². The number of amides is 2. The zero-order valence-electron chi connectivity index (χ0n) is 10.4. The molecular weight excluding hydrogens is 315 g/mol. The van der Waals surface area contributed by atoms with E-state index in [0.717, 1.165) is 0 Å². The zero-order valence-corrected chi connectivity index (χ0v) is 11.9. The van der Waals surface area contributed by atoms with Crippen LogP contribution in [0.3, 0.4) is 0 Å². The predicted molar refractivity (Wildman–Crippen MR) is 80.9 cm³/mol. The van der Waals surface area contributed by atoms with Crippen LogP contribution >= 0.6 is 23.2 Å². The number of benzene rings is 2. The average Bonchev–Trinajstić information content (AvgIpc) is 2.93. The Hall–Kier alpha value is -2.31. The van der Waals surface area contributed by atoms with E-state index in [1.165, 1.54) is 0 Å². The molecule has 0 saturated carbocycles. The van der Waals surface area contributed by atoms with Crippen molar-refractivity contribution in [2.75, 3.05) is 10.6 Å². The van der Waals surface area contributed by atoms with E-state index in [4.69, 9.17) is 23.2 Å². The Labute approximate surface area is 129 Å². The Morgan fingerprint density at radius 3 is 2.57 bits per heavy atom. The number of hydrogen-bond donors (Lipinski definition) is 2. The SMILES string of the molecule is O=C(Nc1cccc(Cl)c1Cl)Nc1cccc2nonc12. The minimum Gasteiger partial charge on any atom is -0.306 e. The largest absolute Gasteiger partial charge is 0.323 e. The first kappa shape index (κ1) is 13.7. The molecule has 3 rings (SSSR count). The number of anilines is 2. The van der Waals surface area contributed by atoms with Crippen LogP contribution < -0.4 is 10.6 Å². The third-order valence-corrected chi connectivity index (χ3v) is 3.55. The maximum Gasteiger partial charge on any atom is 0.323 e. The number of nitrogens with zero attached hydrogens (tertiary/aromatic N) is 2. The monoisotopic (exact) mass is 322 g/mol. The Bertz CT molecular complexity index is 819. The highest BCUT2D eigenvalue weighted by Gasteiger charge is 2.11. The molecule has 1 heterocycles. The quantitative estimate of drug-likeness (QED) is 0.741. The van der Waals surface area contributed by atoms with E-state index in [9.17, 15) is 4.79 Å². The van der Waals surface area contributed by atoms with Gasteiger partial charge in [0, 0.05) is 0 Å². The molecule has 0 fully saturated rings. The fraction of sp³-hybridized carbons (Fsp3) is 0. The smallest absolute Gasteiger partial charge is 0.306 e. The summed E-state index contributed by atoms with van der Waals surface area (Å²) in [5.41, 5.74) is 1.90. The lowest BCUT2D eigenvalue weighted by atomic mass is 10.2. The van der Waals surface area contributed by atoms with Crippen molar-refractivity contribution in [2.24, 2.45) is 0 Å². The molecule has 0 bridgehead atoms. The highest BCUT2D eigenvalue weighted by molar-refractivity contribution is 6.44. The van der Waals surface area contributed by atoms with Gasteiger partial charge in [-0.3, -0.25) is 0 Å². The van der Waals surface area contributed by atoms with Crippen LogP contribution in [0.4, 0.5) is 16.2 Å². The summed E-state index contributed by atoms with van der Waals surface area (Å²) in [6.45, 7) is 0. The summed E-state index contributed by atoms with van der Waals surface area (Å²) < 4.78 is 4.63. The number of carbonyl (C=O) groups excluding carboxylic acids is 1. The van der Waals surface area contributed by atoms with Gasteiger partial charge in [-0.2, -0.15) is 0 Å². The van der Waals surface area contributed by atoms with E-state index in [-0.39, 0.29) is 5.02 Å². The van der Waals surface area contributed by atoms with Crippen LogP contribution in [0.15, 0.2) is 41.0 Å². The molecule has 3 aromatic rings. The standard InChI is InChI=1S/C13H8Cl2N4O2/c14-7-3-1-4-8(11(7)15)16-13(20)17-9-5-2-6-10-12(9)19-21-18-10/h1-6H,(H2,16,17,20). The molecule has 0 saturated heterocycles. The lowest BCUT2D eigenvalue weighted by Crippen LogP contribution is -2.19. The number of halogens is 2. The van der Waals surface area contributed by atoms with Gasteiger partial charge in [0.1, 0.15) is 5.52 Å². The Kier molecular flexibility index (Phi) is 3.64. The molecule has 0 aliphatic carbocycles. The van der Waals surface area contributed by atoms with Crippen LogP contribution in [0.5, 0.6) is 0 Å². The van der Waals surface area contributed by atoms with Crippen LogP contribution in [0, 0.1) is 0 Å². The second kappa shape index (κ2) is 5.59.